The van der Waals surface area contributed by atoms with Crippen LogP contribution in [0.2, 0.25) is 0 Å². The second-order valence-corrected chi connectivity index (χ2v) is 12.7. The summed E-state index contributed by atoms with van der Waals surface area (Å²) in [5, 5.41) is 9.76. The molecule has 2 aliphatic rings. The first-order valence-corrected chi connectivity index (χ1v) is 16.8. The van der Waals surface area contributed by atoms with Crippen LogP contribution >= 0.6 is 11.6 Å². The first-order valence-electron chi connectivity index (χ1n) is 16.4. The van der Waals surface area contributed by atoms with Crippen molar-refractivity contribution in [1.82, 2.24) is 20.2 Å². The van der Waals surface area contributed by atoms with Crippen LogP contribution in [0.3, 0.4) is 0 Å². The summed E-state index contributed by atoms with van der Waals surface area (Å²) in [4.78, 5) is 34.9. The number of aromatic hydroxyl groups is 1. The molecular formula is C40H41ClN4O4. The van der Waals surface area contributed by atoms with E-state index < -0.39 is 5.24 Å². The second kappa shape index (κ2) is 15.9. The van der Waals surface area contributed by atoms with Gasteiger partial charge in [0.2, 0.25) is 5.88 Å². The van der Waals surface area contributed by atoms with Gasteiger partial charge in [-0.05, 0) is 103 Å². The van der Waals surface area contributed by atoms with Crippen LogP contribution in [0.4, 0.5) is 0 Å². The van der Waals surface area contributed by atoms with Gasteiger partial charge in [-0.3, -0.25) is 25.1 Å². The van der Waals surface area contributed by atoms with E-state index >= 15 is 0 Å². The molecule has 1 saturated heterocycles. The van der Waals surface area contributed by atoms with Gasteiger partial charge in [0.05, 0.1) is 0 Å². The minimum Gasteiger partial charge on any atom is -0.493 e. The number of allylic oxidation sites excluding steroid dienone is 1. The number of halogens is 1. The lowest BCUT2D eigenvalue weighted by molar-refractivity contribution is -0.106. The third-order valence-electron chi connectivity index (χ3n) is 8.76. The molecule has 49 heavy (non-hydrogen) atoms. The lowest BCUT2D eigenvalue weighted by Gasteiger charge is -2.09. The number of benzene rings is 4. The molecule has 5 aromatic rings. The minimum atomic E-state index is -0.788. The van der Waals surface area contributed by atoms with Gasteiger partial charge in [-0.2, -0.15) is 0 Å². The molecule has 7 rings (SSSR count). The summed E-state index contributed by atoms with van der Waals surface area (Å²) in [6, 6.07) is 28.0. The third-order valence-corrected chi connectivity index (χ3v) is 8.95. The van der Waals surface area contributed by atoms with E-state index in [1.807, 2.05) is 69.3 Å². The first-order chi connectivity index (χ1) is 23.6. The Morgan fingerprint density at radius 2 is 1.22 bits per heavy atom. The van der Waals surface area contributed by atoms with Gasteiger partial charge < -0.3 is 5.11 Å². The summed E-state index contributed by atoms with van der Waals surface area (Å²) in [5.41, 5.74) is 15.8. The van der Waals surface area contributed by atoms with Crippen molar-refractivity contribution in [2.75, 3.05) is 13.1 Å². The van der Waals surface area contributed by atoms with Crippen molar-refractivity contribution in [1.29, 1.82) is 0 Å². The Balaban J connectivity index is 0.000000169. The Kier molecular flexibility index (Phi) is 11.5. The Morgan fingerprint density at radius 3 is 1.71 bits per heavy atom. The molecule has 1 fully saturated rings. The van der Waals surface area contributed by atoms with Gasteiger partial charge in [0.1, 0.15) is 17.1 Å². The number of hydrogen-bond donors (Lipinski definition) is 3. The number of nitrogens with zero attached hydrogens (tertiary/aromatic N) is 2. The number of fused-ring (bicyclic) bond motifs is 1. The van der Waals surface area contributed by atoms with Gasteiger partial charge in [0.25, 0.3) is 10.8 Å². The number of nitrogens with one attached hydrogen (secondary N) is 2. The highest BCUT2D eigenvalue weighted by atomic mass is 35.5. The van der Waals surface area contributed by atoms with Crippen LogP contribution < -0.4 is 16.4 Å². The van der Waals surface area contributed by atoms with Gasteiger partial charge >= 0.3 is 0 Å². The van der Waals surface area contributed by atoms with Crippen LogP contribution in [0, 0.1) is 27.7 Å². The Bertz CT molecular complexity index is 2060. The zero-order valence-electron chi connectivity index (χ0n) is 28.3. The zero-order chi connectivity index (χ0) is 35.1. The monoisotopic (exact) mass is 676 g/mol. The van der Waals surface area contributed by atoms with E-state index in [2.05, 4.69) is 48.1 Å². The molecule has 0 bridgehead atoms. The largest absolute Gasteiger partial charge is 0.493 e. The van der Waals surface area contributed by atoms with Gasteiger partial charge in [-0.1, -0.05) is 83.9 Å². The molecule has 8 nitrogen and oxygen atoms in total. The molecule has 0 atom stereocenters. The van der Waals surface area contributed by atoms with E-state index in [-0.39, 0.29) is 17.0 Å². The quantitative estimate of drug-likeness (QED) is 0.104. The van der Waals surface area contributed by atoms with Crippen LogP contribution in [0.25, 0.3) is 39.0 Å². The van der Waals surface area contributed by atoms with Gasteiger partial charge in [-0.25, -0.2) is 9.48 Å². The number of carbonyl (C=O) groups excluding carboxylic acids is 2. The summed E-state index contributed by atoms with van der Waals surface area (Å²) in [7, 11) is 0. The van der Waals surface area contributed by atoms with Gasteiger partial charge in [-0.15, -0.1) is 0 Å². The van der Waals surface area contributed by atoms with Crippen molar-refractivity contribution in [2.24, 2.45) is 0 Å². The minimum absolute atomic E-state index is 0.0849. The number of rotatable bonds is 5. The average molecular weight is 677 g/mol. The molecule has 252 valence electrons. The summed E-state index contributed by atoms with van der Waals surface area (Å²) in [6.07, 6.45) is 2.17. The SMILES string of the molecule is C1CNNC1.Cc1ccc(-c2ccc(C)c(-c3c(O)n4n(c3=O)CCC4)c2)cc1.Cc1ccc(-c2ccc(C)c(C(=C=O)C(=O)Cl)c2)cc1. The standard InChI is InChI=1S/C20H20N2O2.C17H13ClO2.C3H8N2/c1-13-4-7-15(8-5-13)16-9-6-14(2)17(12-16)18-19(23)21-10-3-11-22(21)20(18)24;1-11-3-6-13(7-4-11)14-8-5-12(2)15(9-14)16(10-19)17(18)20;1-2-4-5-3-1/h4-9,12,23H,3,10-11H2,1-2H3;3-9H,1-2H3;4-5H,1-3H2. The van der Waals surface area contributed by atoms with E-state index in [0.717, 1.165) is 58.5 Å². The molecule has 3 heterocycles. The van der Waals surface area contributed by atoms with E-state index in [4.69, 9.17) is 11.6 Å². The summed E-state index contributed by atoms with van der Waals surface area (Å²) >= 11 is 5.43. The first kappa shape index (κ1) is 35.3. The fourth-order valence-corrected chi connectivity index (χ4v) is 6.05. The average Bonchev–Trinajstić information content (AvgIpc) is 3.87. The predicted octanol–water partition coefficient (Wildman–Crippen LogP) is 7.15. The van der Waals surface area contributed by atoms with Crippen molar-refractivity contribution < 1.29 is 14.7 Å². The maximum absolute atomic E-state index is 12.7. The molecule has 0 saturated carbocycles. The van der Waals surface area contributed by atoms with Crippen molar-refractivity contribution in [3.63, 3.8) is 0 Å². The second-order valence-electron chi connectivity index (χ2n) is 12.4. The Morgan fingerprint density at radius 1 is 0.714 bits per heavy atom. The van der Waals surface area contributed by atoms with Crippen molar-refractivity contribution in [3.8, 4) is 39.3 Å². The molecule has 0 amide bonds. The van der Waals surface area contributed by atoms with Crippen LogP contribution in [0.5, 0.6) is 5.88 Å². The van der Waals surface area contributed by atoms with Crippen LogP contribution in [-0.2, 0) is 22.7 Å². The highest BCUT2D eigenvalue weighted by Gasteiger charge is 2.25. The van der Waals surface area contributed by atoms with Crippen molar-refractivity contribution >= 4 is 28.4 Å². The maximum atomic E-state index is 12.7. The fourth-order valence-electron chi connectivity index (χ4n) is 5.91. The molecule has 0 spiro atoms. The molecule has 0 aliphatic carbocycles. The molecule has 1 aromatic heterocycles. The lowest BCUT2D eigenvalue weighted by atomic mass is 9.96. The molecule has 2 aliphatic heterocycles. The Hall–Kier alpha value is -4.98. The van der Waals surface area contributed by atoms with Crippen molar-refractivity contribution in [3.05, 3.63) is 123 Å². The molecule has 9 heteroatoms. The molecule has 3 N–H and O–H groups in total. The van der Waals surface area contributed by atoms with E-state index in [0.29, 0.717) is 24.2 Å². The normalized spacial score (nSPS) is 13.0. The van der Waals surface area contributed by atoms with E-state index in [9.17, 15) is 19.5 Å². The number of carbonyl (C=O) groups is 1. The summed E-state index contributed by atoms with van der Waals surface area (Å²) in [5.74, 6) is 1.72. The van der Waals surface area contributed by atoms with E-state index in [1.165, 1.54) is 17.5 Å². The van der Waals surface area contributed by atoms with E-state index in [1.54, 1.807) is 21.4 Å². The number of aromatic nitrogens is 2. The predicted molar refractivity (Wildman–Crippen MR) is 197 cm³/mol. The summed E-state index contributed by atoms with van der Waals surface area (Å²) in [6.45, 7) is 11.5. The molecule has 0 unspecified atom stereocenters. The topological polar surface area (TPSA) is 105 Å². The summed E-state index contributed by atoms with van der Waals surface area (Å²) < 4.78 is 3.33. The molecule has 4 aromatic carbocycles. The number of aryl methyl sites for hydroxylation is 4. The van der Waals surface area contributed by atoms with Crippen LogP contribution in [0.15, 0.2) is 89.7 Å². The zero-order valence-corrected chi connectivity index (χ0v) is 29.0. The smallest absolute Gasteiger partial charge is 0.278 e. The number of hydrogen-bond acceptors (Lipinski definition) is 6. The van der Waals surface area contributed by atoms with Gasteiger partial charge in [0, 0.05) is 31.7 Å². The van der Waals surface area contributed by atoms with Gasteiger partial charge in [0.15, 0.2) is 0 Å². The fraction of sp³-hybridized carbons (Fsp3) is 0.250. The highest BCUT2D eigenvalue weighted by molar-refractivity contribution is 6.75. The van der Waals surface area contributed by atoms with Crippen molar-refractivity contribution in [2.45, 2.75) is 53.6 Å². The molecular weight excluding hydrogens is 636 g/mol. The maximum Gasteiger partial charge on any atom is 0.278 e. The van der Waals surface area contributed by atoms with Crippen LogP contribution in [-0.4, -0.2) is 38.7 Å². The number of hydrazine groups is 1. The molecule has 0 radical (unpaired) electrons. The highest BCUT2D eigenvalue weighted by Crippen LogP contribution is 2.34. The lowest BCUT2D eigenvalue weighted by Crippen LogP contribution is -2.21. The Labute approximate surface area is 291 Å². The third kappa shape index (κ3) is 8.19. The van der Waals surface area contributed by atoms with Crippen LogP contribution in [0.1, 0.15) is 40.7 Å².